The molecule has 4 rings (SSSR count). The Bertz CT molecular complexity index is 1140. The molecule has 0 radical (unpaired) electrons. The molecule has 0 saturated carbocycles. The second-order valence-corrected chi connectivity index (χ2v) is 7.69. The van der Waals surface area contributed by atoms with Gasteiger partial charge in [-0.2, -0.15) is 0 Å². The predicted molar refractivity (Wildman–Crippen MR) is 120 cm³/mol. The van der Waals surface area contributed by atoms with Crippen LogP contribution in [0.15, 0.2) is 84.0 Å². The van der Waals surface area contributed by atoms with Crippen LogP contribution in [0.1, 0.15) is 10.4 Å². The van der Waals surface area contributed by atoms with Crippen molar-refractivity contribution in [3.63, 3.8) is 0 Å². The molecule has 150 valence electrons. The predicted octanol–water partition coefficient (Wildman–Crippen LogP) is 5.13. The van der Waals surface area contributed by atoms with Gasteiger partial charge in [-0.3, -0.25) is 4.79 Å². The van der Waals surface area contributed by atoms with E-state index in [4.69, 9.17) is 4.74 Å². The SMILES string of the molecule is COc1ccc(-c2nnc(SCC(=O)c3ccc(-c4ccccc4)cc3)n2C)cc1. The van der Waals surface area contributed by atoms with E-state index in [1.807, 2.05) is 78.3 Å². The van der Waals surface area contributed by atoms with Gasteiger partial charge in [0.1, 0.15) is 5.75 Å². The molecule has 0 bridgehead atoms. The molecule has 6 heteroatoms. The standard InChI is InChI=1S/C24H21N3O2S/c1-27-23(20-12-14-21(29-2)15-13-20)25-26-24(27)30-16-22(28)19-10-8-18(9-11-19)17-6-4-3-5-7-17/h3-15H,16H2,1-2H3. The van der Waals surface area contributed by atoms with Crippen molar-refractivity contribution >= 4 is 17.5 Å². The Morgan fingerprint density at radius 2 is 1.50 bits per heavy atom. The molecule has 0 unspecified atom stereocenters. The highest BCUT2D eigenvalue weighted by atomic mass is 32.2. The highest BCUT2D eigenvalue weighted by Gasteiger charge is 2.14. The van der Waals surface area contributed by atoms with Gasteiger partial charge in [0.05, 0.1) is 12.9 Å². The van der Waals surface area contributed by atoms with Crippen molar-refractivity contribution in [3.8, 4) is 28.3 Å². The lowest BCUT2D eigenvalue weighted by Gasteiger charge is -2.06. The minimum Gasteiger partial charge on any atom is -0.497 e. The molecule has 0 amide bonds. The molecule has 5 nitrogen and oxygen atoms in total. The largest absolute Gasteiger partial charge is 0.497 e. The average Bonchev–Trinajstić information content (AvgIpc) is 3.18. The summed E-state index contributed by atoms with van der Waals surface area (Å²) in [5.74, 6) is 1.91. The zero-order valence-corrected chi connectivity index (χ0v) is 17.6. The molecule has 30 heavy (non-hydrogen) atoms. The average molecular weight is 416 g/mol. The van der Waals surface area contributed by atoms with Gasteiger partial charge in [-0.1, -0.05) is 66.4 Å². The first-order valence-corrected chi connectivity index (χ1v) is 10.5. The number of hydrogen-bond acceptors (Lipinski definition) is 5. The fourth-order valence-electron chi connectivity index (χ4n) is 3.12. The molecular formula is C24H21N3O2S. The first kappa shape index (κ1) is 19.9. The van der Waals surface area contributed by atoms with Gasteiger partial charge < -0.3 is 9.30 Å². The van der Waals surface area contributed by atoms with Crippen LogP contribution in [0.2, 0.25) is 0 Å². The zero-order valence-electron chi connectivity index (χ0n) is 16.8. The topological polar surface area (TPSA) is 57.0 Å². The van der Waals surface area contributed by atoms with Gasteiger partial charge in [0, 0.05) is 18.2 Å². The summed E-state index contributed by atoms with van der Waals surface area (Å²) in [5, 5.41) is 9.23. The van der Waals surface area contributed by atoms with E-state index in [1.165, 1.54) is 11.8 Å². The van der Waals surface area contributed by atoms with E-state index in [0.29, 0.717) is 16.5 Å². The summed E-state index contributed by atoms with van der Waals surface area (Å²) in [7, 11) is 3.54. The van der Waals surface area contributed by atoms with Crippen LogP contribution in [0.5, 0.6) is 5.75 Å². The second-order valence-electron chi connectivity index (χ2n) is 6.75. The van der Waals surface area contributed by atoms with Crippen molar-refractivity contribution in [3.05, 3.63) is 84.4 Å². The third-order valence-electron chi connectivity index (χ3n) is 4.83. The third-order valence-corrected chi connectivity index (χ3v) is 5.85. The van der Waals surface area contributed by atoms with E-state index in [1.54, 1.807) is 7.11 Å². The van der Waals surface area contributed by atoms with Gasteiger partial charge in [-0.05, 0) is 35.4 Å². The minimum atomic E-state index is 0.0635. The van der Waals surface area contributed by atoms with E-state index < -0.39 is 0 Å². The number of rotatable bonds is 7. The Balaban J connectivity index is 1.42. The van der Waals surface area contributed by atoms with E-state index in [0.717, 1.165) is 28.3 Å². The summed E-state index contributed by atoms with van der Waals surface area (Å²) in [6.07, 6.45) is 0. The van der Waals surface area contributed by atoms with Crippen molar-refractivity contribution in [1.82, 2.24) is 14.8 Å². The maximum atomic E-state index is 12.6. The van der Waals surface area contributed by atoms with Crippen LogP contribution >= 0.6 is 11.8 Å². The van der Waals surface area contributed by atoms with Gasteiger partial charge in [-0.15, -0.1) is 10.2 Å². The van der Waals surface area contributed by atoms with Gasteiger partial charge >= 0.3 is 0 Å². The maximum absolute atomic E-state index is 12.6. The summed E-state index contributed by atoms with van der Waals surface area (Å²) in [5.41, 5.74) is 3.87. The quantitative estimate of drug-likeness (QED) is 0.309. The number of ether oxygens (including phenoxy) is 1. The van der Waals surface area contributed by atoms with Crippen molar-refractivity contribution in [2.45, 2.75) is 5.16 Å². The number of ketones is 1. The number of thioether (sulfide) groups is 1. The molecule has 0 aliphatic rings. The Morgan fingerprint density at radius 1 is 0.867 bits per heavy atom. The van der Waals surface area contributed by atoms with Crippen LogP contribution in [0.25, 0.3) is 22.5 Å². The lowest BCUT2D eigenvalue weighted by molar-refractivity contribution is 0.102. The smallest absolute Gasteiger partial charge is 0.191 e. The van der Waals surface area contributed by atoms with Crippen molar-refractivity contribution in [2.24, 2.45) is 7.05 Å². The first-order valence-electron chi connectivity index (χ1n) is 9.51. The molecule has 3 aromatic carbocycles. The highest BCUT2D eigenvalue weighted by Crippen LogP contribution is 2.25. The van der Waals surface area contributed by atoms with Crippen molar-refractivity contribution in [2.75, 3.05) is 12.9 Å². The van der Waals surface area contributed by atoms with E-state index in [9.17, 15) is 4.79 Å². The van der Waals surface area contributed by atoms with Crippen LogP contribution in [-0.4, -0.2) is 33.4 Å². The Morgan fingerprint density at radius 3 is 2.17 bits per heavy atom. The number of nitrogens with zero attached hydrogens (tertiary/aromatic N) is 3. The molecular weight excluding hydrogens is 394 g/mol. The van der Waals surface area contributed by atoms with Crippen LogP contribution < -0.4 is 4.74 Å². The van der Waals surface area contributed by atoms with Crippen LogP contribution in [0.3, 0.4) is 0 Å². The molecule has 4 aromatic rings. The number of benzene rings is 3. The fourth-order valence-corrected chi connectivity index (χ4v) is 3.93. The molecule has 1 aromatic heterocycles. The van der Waals surface area contributed by atoms with Crippen LogP contribution in [0, 0.1) is 0 Å². The number of hydrogen-bond donors (Lipinski definition) is 0. The number of aromatic nitrogens is 3. The zero-order chi connectivity index (χ0) is 20.9. The summed E-state index contributed by atoms with van der Waals surface area (Å²) in [6, 6.07) is 25.5. The fraction of sp³-hybridized carbons (Fsp3) is 0.125. The monoisotopic (exact) mass is 415 g/mol. The molecule has 0 aliphatic carbocycles. The molecule has 1 heterocycles. The summed E-state index contributed by atoms with van der Waals surface area (Å²) in [4.78, 5) is 12.6. The van der Waals surface area contributed by atoms with Gasteiger partial charge in [0.15, 0.2) is 16.8 Å². The lowest BCUT2D eigenvalue weighted by Crippen LogP contribution is -2.04. The number of carbonyl (C=O) groups excluding carboxylic acids is 1. The molecule has 0 atom stereocenters. The number of methoxy groups -OCH3 is 1. The first-order chi connectivity index (χ1) is 14.7. The van der Waals surface area contributed by atoms with Gasteiger partial charge in [-0.25, -0.2) is 0 Å². The van der Waals surface area contributed by atoms with E-state index in [-0.39, 0.29) is 5.78 Å². The minimum absolute atomic E-state index is 0.0635. The van der Waals surface area contributed by atoms with Crippen LogP contribution in [-0.2, 0) is 7.05 Å². The third kappa shape index (κ3) is 4.28. The van der Waals surface area contributed by atoms with Crippen LogP contribution in [0.4, 0.5) is 0 Å². The number of carbonyl (C=O) groups is 1. The van der Waals surface area contributed by atoms with Crippen molar-refractivity contribution in [1.29, 1.82) is 0 Å². The highest BCUT2D eigenvalue weighted by molar-refractivity contribution is 7.99. The molecule has 0 N–H and O–H groups in total. The normalized spacial score (nSPS) is 10.7. The Labute approximate surface area is 179 Å². The summed E-state index contributed by atoms with van der Waals surface area (Å²) < 4.78 is 7.10. The summed E-state index contributed by atoms with van der Waals surface area (Å²) in [6.45, 7) is 0. The van der Waals surface area contributed by atoms with Gasteiger partial charge in [0.2, 0.25) is 0 Å². The number of Topliss-reactive ketones (excluding diaryl/α,β-unsaturated/α-hetero) is 1. The van der Waals surface area contributed by atoms with Crippen molar-refractivity contribution < 1.29 is 9.53 Å². The Hall–Kier alpha value is -3.38. The lowest BCUT2D eigenvalue weighted by atomic mass is 10.0. The molecule has 0 fully saturated rings. The van der Waals surface area contributed by atoms with E-state index >= 15 is 0 Å². The molecule has 0 spiro atoms. The second kappa shape index (κ2) is 8.97. The summed E-state index contributed by atoms with van der Waals surface area (Å²) >= 11 is 1.39. The maximum Gasteiger partial charge on any atom is 0.191 e. The van der Waals surface area contributed by atoms with Gasteiger partial charge in [0.25, 0.3) is 0 Å². The van der Waals surface area contributed by atoms with E-state index in [2.05, 4.69) is 22.3 Å². The molecule has 0 saturated heterocycles. The molecule has 0 aliphatic heterocycles. The Kier molecular flexibility index (Phi) is 5.95.